The fourth-order valence-corrected chi connectivity index (χ4v) is 3.65. The standard InChI is InChI=1S/C17H17NO5S/c19-15(20)13-9-17(22,14-7-4-8-24-14)11-18(13)16(21)23-10-12-5-2-1-3-6-12/h1-8,13,22H,9-11H2,(H,19,20)/t13-,17?/m0/s1. The van der Waals surface area contributed by atoms with Gasteiger partial charge in [-0.2, -0.15) is 0 Å². The van der Waals surface area contributed by atoms with E-state index in [1.807, 2.05) is 30.3 Å². The molecule has 3 rings (SSSR count). The molecular weight excluding hydrogens is 330 g/mol. The van der Waals surface area contributed by atoms with E-state index in [0.29, 0.717) is 4.88 Å². The van der Waals surface area contributed by atoms with Gasteiger partial charge < -0.3 is 14.9 Å². The van der Waals surface area contributed by atoms with Crippen LogP contribution in [0, 0.1) is 0 Å². The van der Waals surface area contributed by atoms with Gasteiger partial charge in [0.1, 0.15) is 18.2 Å². The van der Waals surface area contributed by atoms with Gasteiger partial charge in [-0.1, -0.05) is 36.4 Å². The van der Waals surface area contributed by atoms with Gasteiger partial charge in [0.05, 0.1) is 6.54 Å². The summed E-state index contributed by atoms with van der Waals surface area (Å²) in [5.41, 5.74) is -0.548. The molecule has 126 valence electrons. The van der Waals surface area contributed by atoms with E-state index in [1.165, 1.54) is 11.3 Å². The van der Waals surface area contributed by atoms with Gasteiger partial charge in [0.25, 0.3) is 0 Å². The number of hydrogen-bond acceptors (Lipinski definition) is 5. The normalized spacial score (nSPS) is 23.2. The molecule has 0 bridgehead atoms. The monoisotopic (exact) mass is 347 g/mol. The van der Waals surface area contributed by atoms with E-state index in [1.54, 1.807) is 17.5 Å². The first kappa shape index (κ1) is 16.5. The number of likely N-dealkylation sites (tertiary alicyclic amines) is 1. The van der Waals surface area contributed by atoms with Gasteiger partial charge in [0, 0.05) is 11.3 Å². The minimum atomic E-state index is -1.36. The molecule has 2 heterocycles. The summed E-state index contributed by atoms with van der Waals surface area (Å²) in [6.45, 7) is -0.0436. The Morgan fingerprint density at radius 3 is 2.62 bits per heavy atom. The van der Waals surface area contributed by atoms with Gasteiger partial charge in [0.15, 0.2) is 0 Å². The SMILES string of the molecule is O=C(O)[C@@H]1CC(O)(c2cccs2)CN1C(=O)OCc1ccccc1. The fourth-order valence-electron chi connectivity index (χ4n) is 2.82. The molecule has 0 radical (unpaired) electrons. The van der Waals surface area contributed by atoms with Crippen LogP contribution in [0.25, 0.3) is 0 Å². The minimum Gasteiger partial charge on any atom is -0.480 e. The Kier molecular flexibility index (Phi) is 4.55. The zero-order chi connectivity index (χ0) is 17.2. The zero-order valence-corrected chi connectivity index (χ0v) is 13.6. The van der Waals surface area contributed by atoms with Crippen molar-refractivity contribution < 1.29 is 24.5 Å². The Balaban J connectivity index is 1.73. The number of nitrogens with zero attached hydrogens (tertiary/aromatic N) is 1. The van der Waals surface area contributed by atoms with Crippen LogP contribution in [0.5, 0.6) is 0 Å². The zero-order valence-electron chi connectivity index (χ0n) is 12.8. The van der Waals surface area contributed by atoms with E-state index in [4.69, 9.17) is 4.74 Å². The van der Waals surface area contributed by atoms with Crippen molar-refractivity contribution in [3.63, 3.8) is 0 Å². The second-order valence-corrected chi connectivity index (χ2v) is 6.68. The Labute approximate surface area is 142 Å². The maximum absolute atomic E-state index is 12.3. The molecule has 0 saturated carbocycles. The van der Waals surface area contributed by atoms with E-state index in [0.717, 1.165) is 10.5 Å². The molecule has 6 nitrogen and oxygen atoms in total. The first-order chi connectivity index (χ1) is 11.5. The molecule has 1 aromatic carbocycles. The molecule has 1 amide bonds. The van der Waals surface area contributed by atoms with Crippen LogP contribution in [0.4, 0.5) is 4.79 Å². The quantitative estimate of drug-likeness (QED) is 0.887. The lowest BCUT2D eigenvalue weighted by Crippen LogP contribution is -2.41. The molecule has 1 aromatic heterocycles. The van der Waals surface area contributed by atoms with Crippen molar-refractivity contribution >= 4 is 23.4 Å². The third-order valence-corrected chi connectivity index (χ3v) is 5.11. The molecule has 1 saturated heterocycles. The molecular formula is C17H17NO5S. The van der Waals surface area contributed by atoms with Crippen LogP contribution in [-0.2, 0) is 21.7 Å². The molecule has 7 heteroatoms. The third-order valence-electron chi connectivity index (χ3n) is 4.04. The Bertz CT molecular complexity index is 718. The minimum absolute atomic E-state index is 0.0523. The van der Waals surface area contributed by atoms with Gasteiger partial charge >= 0.3 is 12.1 Å². The number of amides is 1. The molecule has 2 N–H and O–H groups in total. The van der Waals surface area contributed by atoms with Crippen molar-refractivity contribution in [3.8, 4) is 0 Å². The number of β-amino-alcohol motifs (C(OH)–C–C–N with tert-alkyl or cyclic N) is 1. The maximum Gasteiger partial charge on any atom is 0.410 e. The van der Waals surface area contributed by atoms with Crippen LogP contribution in [0.2, 0.25) is 0 Å². The lowest BCUT2D eigenvalue weighted by atomic mass is 9.98. The van der Waals surface area contributed by atoms with Crippen molar-refractivity contribution in [1.29, 1.82) is 0 Å². The first-order valence-corrected chi connectivity index (χ1v) is 8.34. The molecule has 1 unspecified atom stereocenters. The van der Waals surface area contributed by atoms with Gasteiger partial charge in [-0.05, 0) is 17.0 Å². The molecule has 0 spiro atoms. The van der Waals surface area contributed by atoms with Crippen molar-refractivity contribution in [1.82, 2.24) is 4.90 Å². The average molecular weight is 347 g/mol. The summed E-state index contributed by atoms with van der Waals surface area (Å²) in [4.78, 5) is 25.5. The summed E-state index contributed by atoms with van der Waals surface area (Å²) < 4.78 is 5.22. The van der Waals surface area contributed by atoms with E-state index < -0.39 is 23.7 Å². The molecule has 1 fully saturated rings. The summed E-state index contributed by atoms with van der Waals surface area (Å²) in [7, 11) is 0. The number of carbonyl (C=O) groups is 2. The van der Waals surface area contributed by atoms with Gasteiger partial charge in [-0.3, -0.25) is 4.90 Å². The Hall–Kier alpha value is -2.38. The topological polar surface area (TPSA) is 87.1 Å². The number of ether oxygens (including phenoxy) is 1. The fraction of sp³-hybridized carbons (Fsp3) is 0.294. The highest BCUT2D eigenvalue weighted by Crippen LogP contribution is 2.38. The van der Waals surface area contributed by atoms with Crippen molar-refractivity contribution in [3.05, 3.63) is 58.3 Å². The second kappa shape index (κ2) is 6.62. The number of hydrogen-bond donors (Lipinski definition) is 2. The van der Waals surface area contributed by atoms with E-state index in [9.17, 15) is 19.8 Å². The number of aliphatic carboxylic acids is 1. The number of aliphatic hydroxyl groups is 1. The third kappa shape index (κ3) is 3.27. The molecule has 2 atom stereocenters. The predicted molar refractivity (Wildman–Crippen MR) is 87.6 cm³/mol. The van der Waals surface area contributed by atoms with Crippen LogP contribution < -0.4 is 0 Å². The van der Waals surface area contributed by atoms with Crippen LogP contribution in [0.3, 0.4) is 0 Å². The summed E-state index contributed by atoms with van der Waals surface area (Å²) in [5, 5.41) is 22.0. The Morgan fingerprint density at radius 1 is 1.25 bits per heavy atom. The number of thiophene rings is 1. The number of benzene rings is 1. The summed E-state index contributed by atoms with van der Waals surface area (Å²) in [5.74, 6) is -1.15. The average Bonchev–Trinajstić information content (AvgIpc) is 3.22. The lowest BCUT2D eigenvalue weighted by Gasteiger charge is -2.22. The summed E-state index contributed by atoms with van der Waals surface area (Å²) >= 11 is 1.34. The Morgan fingerprint density at radius 2 is 2.00 bits per heavy atom. The summed E-state index contributed by atoms with van der Waals surface area (Å²) in [6.07, 6.45) is -0.790. The van der Waals surface area contributed by atoms with Crippen molar-refractivity contribution in [2.24, 2.45) is 0 Å². The molecule has 0 aliphatic carbocycles. The highest BCUT2D eigenvalue weighted by molar-refractivity contribution is 7.10. The smallest absolute Gasteiger partial charge is 0.410 e. The predicted octanol–water partition coefficient (Wildman–Crippen LogP) is 2.43. The first-order valence-electron chi connectivity index (χ1n) is 7.46. The lowest BCUT2D eigenvalue weighted by molar-refractivity contribution is -0.141. The van der Waals surface area contributed by atoms with Crippen molar-refractivity contribution in [2.75, 3.05) is 6.54 Å². The number of rotatable bonds is 4. The van der Waals surface area contributed by atoms with E-state index in [-0.39, 0.29) is 19.6 Å². The molecule has 2 aromatic rings. The molecule has 1 aliphatic rings. The molecule has 1 aliphatic heterocycles. The highest BCUT2D eigenvalue weighted by Gasteiger charge is 2.50. The number of carbonyl (C=O) groups excluding carboxylic acids is 1. The van der Waals surface area contributed by atoms with Crippen LogP contribution in [-0.4, -0.2) is 39.8 Å². The van der Waals surface area contributed by atoms with Crippen LogP contribution in [0.15, 0.2) is 47.8 Å². The molecule has 24 heavy (non-hydrogen) atoms. The largest absolute Gasteiger partial charge is 0.480 e. The van der Waals surface area contributed by atoms with Crippen LogP contribution >= 0.6 is 11.3 Å². The van der Waals surface area contributed by atoms with Crippen molar-refractivity contribution in [2.45, 2.75) is 24.7 Å². The van der Waals surface area contributed by atoms with Gasteiger partial charge in [-0.15, -0.1) is 11.3 Å². The van der Waals surface area contributed by atoms with Gasteiger partial charge in [-0.25, -0.2) is 9.59 Å². The second-order valence-electron chi connectivity index (χ2n) is 5.74. The maximum atomic E-state index is 12.3. The number of carboxylic acid groups (broad SMARTS) is 1. The van der Waals surface area contributed by atoms with E-state index in [2.05, 4.69) is 0 Å². The van der Waals surface area contributed by atoms with Gasteiger partial charge in [0.2, 0.25) is 0 Å². The van der Waals surface area contributed by atoms with Crippen LogP contribution in [0.1, 0.15) is 16.9 Å². The number of carboxylic acids is 1. The summed E-state index contributed by atoms with van der Waals surface area (Å²) in [6, 6.07) is 11.5. The highest BCUT2D eigenvalue weighted by atomic mass is 32.1. The van der Waals surface area contributed by atoms with E-state index >= 15 is 0 Å².